The second kappa shape index (κ2) is 9.30. The van der Waals surface area contributed by atoms with Gasteiger partial charge in [0.2, 0.25) is 0 Å². The molecule has 7 heteroatoms. The lowest BCUT2D eigenvalue weighted by Gasteiger charge is -2.31. The Morgan fingerprint density at radius 1 is 1.00 bits per heavy atom. The molecular weight excluding hydrogens is 406 g/mol. The molecule has 0 aromatic heterocycles. The van der Waals surface area contributed by atoms with Gasteiger partial charge in [0.25, 0.3) is 0 Å². The molecule has 2 amide bonds. The van der Waals surface area contributed by atoms with Crippen LogP contribution >= 0.6 is 0 Å². The molecule has 0 saturated carbocycles. The number of amides is 2. The number of benzene rings is 2. The van der Waals surface area contributed by atoms with E-state index in [1.807, 2.05) is 45.0 Å². The Kier molecular flexibility index (Phi) is 6.48. The summed E-state index contributed by atoms with van der Waals surface area (Å²) in [6.07, 6.45) is 0.852. The molecule has 4 rings (SSSR count). The zero-order valence-corrected chi connectivity index (χ0v) is 19.0. The van der Waals surface area contributed by atoms with Gasteiger partial charge in [0.05, 0.1) is 6.04 Å². The van der Waals surface area contributed by atoms with E-state index in [4.69, 9.17) is 9.47 Å². The third-order valence-electron chi connectivity index (χ3n) is 5.93. The van der Waals surface area contributed by atoms with Crippen LogP contribution in [0.5, 0.6) is 0 Å². The summed E-state index contributed by atoms with van der Waals surface area (Å²) < 4.78 is 11.0. The van der Waals surface area contributed by atoms with Crippen LogP contribution in [0, 0.1) is 0 Å². The van der Waals surface area contributed by atoms with Crippen molar-refractivity contribution in [3.63, 3.8) is 0 Å². The van der Waals surface area contributed by atoms with Crippen molar-refractivity contribution in [3.05, 3.63) is 59.7 Å². The van der Waals surface area contributed by atoms with Crippen LogP contribution in [0.3, 0.4) is 0 Å². The highest BCUT2D eigenvalue weighted by atomic mass is 16.6. The van der Waals surface area contributed by atoms with Gasteiger partial charge in [-0.25, -0.2) is 4.79 Å². The lowest BCUT2D eigenvalue weighted by atomic mass is 9.98. The van der Waals surface area contributed by atoms with E-state index in [0.29, 0.717) is 19.7 Å². The van der Waals surface area contributed by atoms with Gasteiger partial charge in [-0.3, -0.25) is 0 Å². The van der Waals surface area contributed by atoms with Gasteiger partial charge in [-0.05, 0) is 55.9 Å². The van der Waals surface area contributed by atoms with E-state index in [1.165, 1.54) is 27.7 Å². The zero-order chi connectivity index (χ0) is 22.7. The van der Waals surface area contributed by atoms with Gasteiger partial charge in [0.1, 0.15) is 12.2 Å². The van der Waals surface area contributed by atoms with Crippen molar-refractivity contribution >= 4 is 12.2 Å². The van der Waals surface area contributed by atoms with Crippen LogP contribution in [0.15, 0.2) is 48.5 Å². The molecular formula is C25H32N3O4+. The fourth-order valence-electron chi connectivity index (χ4n) is 4.43. The van der Waals surface area contributed by atoms with Gasteiger partial charge in [0, 0.05) is 19.0 Å². The van der Waals surface area contributed by atoms with Crippen LogP contribution in [-0.4, -0.2) is 48.4 Å². The van der Waals surface area contributed by atoms with Gasteiger partial charge in [-0.2, -0.15) is 15.6 Å². The van der Waals surface area contributed by atoms with Crippen molar-refractivity contribution in [1.82, 2.24) is 10.3 Å². The summed E-state index contributed by atoms with van der Waals surface area (Å²) in [6, 6.07) is 16.8. The summed E-state index contributed by atoms with van der Waals surface area (Å²) in [7, 11) is 0. The highest BCUT2D eigenvalue weighted by molar-refractivity contribution is 5.79. The molecule has 0 atom stereocenters. The first kappa shape index (κ1) is 22.3. The summed E-state index contributed by atoms with van der Waals surface area (Å²) in [4.78, 5) is 26.3. The van der Waals surface area contributed by atoms with Crippen molar-refractivity contribution < 1.29 is 24.5 Å². The average molecular weight is 439 g/mol. The highest BCUT2D eigenvalue weighted by Crippen LogP contribution is 2.44. The number of fused-ring (bicyclic) bond motifs is 3. The topological polar surface area (TPSA) is 84.5 Å². The number of carbonyl (C=O) groups excluding carboxylic acids is 2. The number of rotatable bonds is 4. The number of hydrogen-bond acceptors (Lipinski definition) is 5. The SMILES string of the molecule is CC(C)(C)OC(=O)[NH2+]NC1CCN(C(=O)OCC2c3ccccc3-c3ccccc32)CC1. The number of carbonyl (C=O) groups is 2. The van der Waals surface area contributed by atoms with Crippen molar-refractivity contribution in [1.29, 1.82) is 0 Å². The molecule has 2 aromatic carbocycles. The van der Waals surface area contributed by atoms with Crippen molar-refractivity contribution in [2.24, 2.45) is 0 Å². The van der Waals surface area contributed by atoms with Crippen LogP contribution in [0.25, 0.3) is 11.1 Å². The summed E-state index contributed by atoms with van der Waals surface area (Å²) in [5.74, 6) is 0.0639. The minimum atomic E-state index is -0.511. The molecule has 170 valence electrons. The van der Waals surface area contributed by atoms with Crippen LogP contribution in [-0.2, 0) is 9.47 Å². The molecule has 2 aromatic rings. The first-order valence-electron chi connectivity index (χ1n) is 11.2. The van der Waals surface area contributed by atoms with Crippen molar-refractivity contribution in [2.45, 2.75) is 51.2 Å². The molecule has 1 fully saturated rings. The Balaban J connectivity index is 1.26. The molecule has 0 spiro atoms. The molecule has 1 aliphatic carbocycles. The van der Waals surface area contributed by atoms with Gasteiger partial charge in [-0.1, -0.05) is 48.5 Å². The summed E-state index contributed by atoms with van der Waals surface area (Å²) in [5.41, 5.74) is 8.86. The third-order valence-corrected chi connectivity index (χ3v) is 5.93. The molecule has 3 N–H and O–H groups in total. The van der Waals surface area contributed by atoms with Crippen LogP contribution < -0.4 is 10.9 Å². The quantitative estimate of drug-likeness (QED) is 0.565. The molecule has 0 unspecified atom stereocenters. The minimum Gasteiger partial charge on any atom is -0.448 e. The molecule has 1 aliphatic heterocycles. The van der Waals surface area contributed by atoms with E-state index in [1.54, 1.807) is 4.90 Å². The number of likely N-dealkylation sites (tertiary alicyclic amines) is 1. The Bertz CT molecular complexity index is 932. The number of nitrogens with zero attached hydrogens (tertiary/aromatic N) is 1. The van der Waals surface area contributed by atoms with Gasteiger partial charge in [0.15, 0.2) is 0 Å². The number of nitrogens with two attached hydrogens (primary N) is 1. The standard InChI is InChI=1S/C25H31N3O4/c1-25(2,3)32-23(29)27-26-17-12-14-28(15-13-17)24(30)31-16-22-20-10-6-4-8-18(20)19-9-5-7-11-21(19)22/h4-11,17,22,26H,12-16H2,1-3H3,(H,27,29)/p+1. The number of hydrogen-bond donors (Lipinski definition) is 2. The molecule has 1 heterocycles. The lowest BCUT2D eigenvalue weighted by Crippen LogP contribution is -2.98. The largest absolute Gasteiger partial charge is 0.533 e. The van der Waals surface area contributed by atoms with E-state index in [2.05, 4.69) is 29.7 Å². The fourth-order valence-corrected chi connectivity index (χ4v) is 4.43. The normalized spacial score (nSPS) is 16.4. The van der Waals surface area contributed by atoms with E-state index in [0.717, 1.165) is 12.8 Å². The monoisotopic (exact) mass is 438 g/mol. The van der Waals surface area contributed by atoms with E-state index in [-0.39, 0.29) is 24.1 Å². The molecule has 0 radical (unpaired) electrons. The van der Waals surface area contributed by atoms with E-state index < -0.39 is 5.60 Å². The van der Waals surface area contributed by atoms with Crippen LogP contribution in [0.1, 0.15) is 50.7 Å². The zero-order valence-electron chi connectivity index (χ0n) is 19.0. The molecule has 1 saturated heterocycles. The predicted molar refractivity (Wildman–Crippen MR) is 121 cm³/mol. The Hall–Kier alpha value is -2.90. The Morgan fingerprint density at radius 2 is 1.56 bits per heavy atom. The number of piperidine rings is 1. The number of primary amides is 1. The maximum Gasteiger partial charge on any atom is 0.533 e. The van der Waals surface area contributed by atoms with Crippen LogP contribution in [0.2, 0.25) is 0 Å². The summed E-state index contributed by atoms with van der Waals surface area (Å²) >= 11 is 0. The molecule has 32 heavy (non-hydrogen) atoms. The smallest absolute Gasteiger partial charge is 0.448 e. The first-order valence-corrected chi connectivity index (χ1v) is 11.2. The maximum absolute atomic E-state index is 12.7. The Labute approximate surface area is 189 Å². The number of ether oxygens (including phenoxy) is 2. The van der Waals surface area contributed by atoms with E-state index >= 15 is 0 Å². The third kappa shape index (κ3) is 5.11. The summed E-state index contributed by atoms with van der Waals surface area (Å²) in [5, 5.41) is 0. The highest BCUT2D eigenvalue weighted by Gasteiger charge is 2.31. The summed E-state index contributed by atoms with van der Waals surface area (Å²) in [6.45, 7) is 7.04. The minimum absolute atomic E-state index is 0.0639. The molecule has 7 nitrogen and oxygen atoms in total. The molecule has 2 aliphatic rings. The second-order valence-electron chi connectivity index (χ2n) is 9.41. The van der Waals surface area contributed by atoms with Crippen molar-refractivity contribution in [2.75, 3.05) is 19.7 Å². The number of quaternary nitrogens is 1. The number of nitrogens with one attached hydrogen (secondary N) is 1. The average Bonchev–Trinajstić information content (AvgIpc) is 3.09. The maximum atomic E-state index is 12.7. The second-order valence-corrected chi connectivity index (χ2v) is 9.41. The van der Waals surface area contributed by atoms with E-state index in [9.17, 15) is 9.59 Å². The van der Waals surface area contributed by atoms with Gasteiger partial charge in [-0.15, -0.1) is 0 Å². The fraction of sp³-hybridized carbons (Fsp3) is 0.440. The van der Waals surface area contributed by atoms with Gasteiger partial charge >= 0.3 is 12.2 Å². The Morgan fingerprint density at radius 3 is 2.12 bits per heavy atom. The van der Waals surface area contributed by atoms with Crippen LogP contribution in [0.4, 0.5) is 9.59 Å². The predicted octanol–water partition coefficient (Wildman–Crippen LogP) is 3.40. The van der Waals surface area contributed by atoms with Crippen molar-refractivity contribution in [3.8, 4) is 11.1 Å². The van der Waals surface area contributed by atoms with Gasteiger partial charge < -0.3 is 14.4 Å². The molecule has 0 bridgehead atoms. The lowest BCUT2D eigenvalue weighted by molar-refractivity contribution is -0.638. The first-order chi connectivity index (χ1) is 15.3.